The highest BCUT2D eigenvalue weighted by atomic mass is 32.2. The number of benzene rings is 1. The Morgan fingerprint density at radius 1 is 1.25 bits per heavy atom. The molecule has 1 amide bonds. The van der Waals surface area contributed by atoms with Crippen LogP contribution in [0.4, 0.5) is 0 Å². The molecule has 1 aromatic carbocycles. The Morgan fingerprint density at radius 3 is 2.75 bits per heavy atom. The van der Waals surface area contributed by atoms with Gasteiger partial charge < -0.3 is 0 Å². The van der Waals surface area contributed by atoms with E-state index in [2.05, 4.69) is 9.82 Å². The van der Waals surface area contributed by atoms with Gasteiger partial charge in [-0.05, 0) is 24.8 Å². The normalized spacial score (nSPS) is 17.6. The summed E-state index contributed by atoms with van der Waals surface area (Å²) < 4.78 is 28.4. The van der Waals surface area contributed by atoms with Gasteiger partial charge in [0.2, 0.25) is 5.91 Å². The van der Waals surface area contributed by atoms with Crippen molar-refractivity contribution in [3.05, 3.63) is 60.4 Å². The third-order valence-corrected chi connectivity index (χ3v) is 5.28. The second-order valence-electron chi connectivity index (χ2n) is 5.81. The third-order valence-electron chi connectivity index (χ3n) is 3.98. The number of nitrogens with one attached hydrogen (secondary N) is 1. The first-order valence-electron chi connectivity index (χ1n) is 7.82. The molecule has 0 radical (unpaired) electrons. The van der Waals surface area contributed by atoms with E-state index in [1.165, 1.54) is 17.1 Å². The Kier molecular flexibility index (Phi) is 4.80. The van der Waals surface area contributed by atoms with Gasteiger partial charge in [0, 0.05) is 12.1 Å². The Morgan fingerprint density at radius 2 is 2.04 bits per heavy atom. The molecule has 2 aromatic rings. The fraction of sp³-hybridized carbons (Fsp3) is 0.294. The number of carbonyl (C=O) groups is 1. The Hall–Kier alpha value is -2.41. The van der Waals surface area contributed by atoms with Crippen molar-refractivity contribution < 1.29 is 13.2 Å². The molecule has 24 heavy (non-hydrogen) atoms. The fourth-order valence-electron chi connectivity index (χ4n) is 2.65. The molecule has 0 fully saturated rings. The summed E-state index contributed by atoms with van der Waals surface area (Å²) in [6, 6.07) is 9.62. The molecule has 7 heteroatoms. The molecule has 6 nitrogen and oxygen atoms in total. The maximum Gasteiger partial charge on any atom is 0.267 e. The van der Waals surface area contributed by atoms with Crippen LogP contribution in [0.5, 0.6) is 0 Å². The lowest BCUT2D eigenvalue weighted by Gasteiger charge is -2.16. The lowest BCUT2D eigenvalue weighted by molar-refractivity contribution is -0.123. The maximum absolute atomic E-state index is 12.3. The number of nitrogens with zero attached hydrogens (tertiary/aromatic N) is 2. The van der Waals surface area contributed by atoms with Crippen LogP contribution in [-0.2, 0) is 21.4 Å². The summed E-state index contributed by atoms with van der Waals surface area (Å²) >= 11 is 0. The van der Waals surface area contributed by atoms with Crippen molar-refractivity contribution in [3.63, 3.8) is 0 Å². The van der Waals surface area contributed by atoms with Crippen molar-refractivity contribution in [1.82, 2.24) is 14.5 Å². The number of hydrogen-bond acceptors (Lipinski definition) is 4. The summed E-state index contributed by atoms with van der Waals surface area (Å²) in [6.45, 7) is 0.470. The van der Waals surface area contributed by atoms with Gasteiger partial charge in [-0.1, -0.05) is 42.5 Å². The van der Waals surface area contributed by atoms with E-state index in [4.69, 9.17) is 0 Å². The van der Waals surface area contributed by atoms with Gasteiger partial charge in [-0.2, -0.15) is 5.10 Å². The van der Waals surface area contributed by atoms with Crippen LogP contribution in [0.1, 0.15) is 24.8 Å². The van der Waals surface area contributed by atoms with Gasteiger partial charge in [0.05, 0.1) is 12.7 Å². The largest absolute Gasteiger partial charge is 0.274 e. The van der Waals surface area contributed by atoms with Gasteiger partial charge in [-0.25, -0.2) is 13.1 Å². The molecule has 126 valence electrons. The third kappa shape index (κ3) is 3.91. The second-order valence-corrected chi connectivity index (χ2v) is 7.49. The van der Waals surface area contributed by atoms with Crippen LogP contribution in [0.2, 0.25) is 0 Å². The smallest absolute Gasteiger partial charge is 0.267 e. The van der Waals surface area contributed by atoms with E-state index in [0.717, 1.165) is 12.0 Å². The van der Waals surface area contributed by atoms with Crippen LogP contribution in [0.25, 0.3) is 0 Å². The van der Waals surface area contributed by atoms with Crippen LogP contribution in [-0.4, -0.2) is 24.1 Å². The van der Waals surface area contributed by atoms with Crippen LogP contribution in [0.3, 0.4) is 0 Å². The van der Waals surface area contributed by atoms with Gasteiger partial charge in [0.1, 0.15) is 4.90 Å². The van der Waals surface area contributed by atoms with Gasteiger partial charge in [-0.15, -0.1) is 0 Å². The van der Waals surface area contributed by atoms with Gasteiger partial charge >= 0.3 is 0 Å². The summed E-state index contributed by atoms with van der Waals surface area (Å²) in [5.74, 6) is -0.737. The Balaban J connectivity index is 1.68. The summed E-state index contributed by atoms with van der Waals surface area (Å²) in [5, 5.41) is 4.07. The van der Waals surface area contributed by atoms with Gasteiger partial charge in [-0.3, -0.25) is 9.48 Å². The van der Waals surface area contributed by atoms with Crippen LogP contribution in [0.15, 0.2) is 59.8 Å². The average molecular weight is 345 g/mol. The number of sulfonamides is 1. The molecule has 0 unspecified atom stereocenters. The standard InChI is InChI=1S/C17H19N3O3S/c21-17(15-9-5-2-6-10-15)19-24(22,23)16-11-18-20(13-16)12-14-7-3-1-4-8-14/h1-5,7-8,11,13,15H,6,9-10,12H2,(H,19,21)/t15-/m0/s1. The molecule has 1 aromatic heterocycles. The average Bonchev–Trinajstić information content (AvgIpc) is 3.06. The predicted molar refractivity (Wildman–Crippen MR) is 89.6 cm³/mol. The summed E-state index contributed by atoms with van der Waals surface area (Å²) in [6.07, 6.45) is 8.67. The Bertz CT molecular complexity index is 841. The molecule has 0 saturated heterocycles. The lowest BCUT2D eigenvalue weighted by Crippen LogP contribution is -2.35. The van der Waals surface area contributed by atoms with Gasteiger partial charge in [0.25, 0.3) is 10.0 Å². The van der Waals surface area contributed by atoms with Crippen molar-refractivity contribution >= 4 is 15.9 Å². The molecule has 3 rings (SSSR count). The van der Waals surface area contributed by atoms with E-state index in [1.807, 2.05) is 42.5 Å². The molecular formula is C17H19N3O3S. The van der Waals surface area contributed by atoms with Crippen molar-refractivity contribution in [2.24, 2.45) is 5.92 Å². The highest BCUT2D eigenvalue weighted by Gasteiger charge is 2.25. The van der Waals surface area contributed by atoms with E-state index in [-0.39, 0.29) is 10.8 Å². The molecule has 1 aliphatic rings. The lowest BCUT2D eigenvalue weighted by atomic mass is 9.94. The van der Waals surface area contributed by atoms with Crippen molar-refractivity contribution in [2.75, 3.05) is 0 Å². The highest BCUT2D eigenvalue weighted by Crippen LogP contribution is 2.19. The zero-order valence-corrected chi connectivity index (χ0v) is 13.9. The molecule has 1 N–H and O–H groups in total. The monoisotopic (exact) mass is 345 g/mol. The van der Waals surface area contributed by atoms with Crippen LogP contribution >= 0.6 is 0 Å². The molecule has 0 spiro atoms. The fourth-order valence-corrected chi connectivity index (χ4v) is 3.64. The van der Waals surface area contributed by atoms with Crippen molar-refractivity contribution in [3.8, 4) is 0 Å². The van der Waals surface area contributed by atoms with E-state index in [9.17, 15) is 13.2 Å². The summed E-state index contributed by atoms with van der Waals surface area (Å²) in [7, 11) is -3.89. The van der Waals surface area contributed by atoms with E-state index in [1.54, 1.807) is 0 Å². The zero-order chi connectivity index (χ0) is 17.0. The minimum absolute atomic E-state index is 0.00173. The minimum atomic E-state index is -3.89. The molecule has 0 aliphatic heterocycles. The summed E-state index contributed by atoms with van der Waals surface area (Å²) in [5.41, 5.74) is 1.02. The van der Waals surface area contributed by atoms with Crippen molar-refractivity contribution in [2.45, 2.75) is 30.7 Å². The number of allylic oxidation sites excluding steroid dienone is 2. The van der Waals surface area contributed by atoms with Crippen LogP contribution in [0, 0.1) is 5.92 Å². The highest BCUT2D eigenvalue weighted by molar-refractivity contribution is 7.90. The molecule has 1 aliphatic carbocycles. The number of aromatic nitrogens is 2. The first-order chi connectivity index (χ1) is 11.5. The quantitative estimate of drug-likeness (QED) is 0.842. The molecule has 1 atom stereocenters. The topological polar surface area (TPSA) is 81.1 Å². The molecule has 0 saturated carbocycles. The predicted octanol–water partition coefficient (Wildman–Crippen LogP) is 2.09. The van der Waals surface area contributed by atoms with E-state index >= 15 is 0 Å². The van der Waals surface area contributed by atoms with Crippen molar-refractivity contribution in [1.29, 1.82) is 0 Å². The number of rotatable bonds is 5. The molecular weight excluding hydrogens is 326 g/mol. The van der Waals surface area contributed by atoms with E-state index < -0.39 is 15.9 Å². The molecule has 0 bridgehead atoms. The number of carbonyl (C=O) groups excluding carboxylic acids is 1. The summed E-state index contributed by atoms with van der Waals surface area (Å²) in [4.78, 5) is 12.1. The first kappa shape index (κ1) is 16.4. The minimum Gasteiger partial charge on any atom is -0.274 e. The number of amides is 1. The maximum atomic E-state index is 12.3. The van der Waals surface area contributed by atoms with Crippen LogP contribution < -0.4 is 4.72 Å². The number of hydrogen-bond donors (Lipinski definition) is 1. The zero-order valence-electron chi connectivity index (χ0n) is 13.1. The van der Waals surface area contributed by atoms with Gasteiger partial charge in [0.15, 0.2) is 0 Å². The SMILES string of the molecule is O=C(NS(=O)(=O)c1cnn(Cc2ccccc2)c1)[C@H]1CC=CCC1. The Labute approximate surface area is 141 Å². The first-order valence-corrected chi connectivity index (χ1v) is 9.31. The second kappa shape index (κ2) is 7.00. The van der Waals surface area contributed by atoms with E-state index in [0.29, 0.717) is 19.4 Å². The molecule has 1 heterocycles.